The van der Waals surface area contributed by atoms with Gasteiger partial charge in [0, 0.05) is 18.1 Å². The molecule has 6 nitrogen and oxygen atoms in total. The summed E-state index contributed by atoms with van der Waals surface area (Å²) < 4.78 is 4.45. The molecule has 0 aliphatic rings. The van der Waals surface area contributed by atoms with Gasteiger partial charge in [0.1, 0.15) is 6.61 Å². The number of carboxylic acid groups (broad SMARTS) is 1. The van der Waals surface area contributed by atoms with Crippen molar-refractivity contribution in [3.63, 3.8) is 0 Å². The zero-order chi connectivity index (χ0) is 14.7. The maximum absolute atomic E-state index is 10.3. The van der Waals surface area contributed by atoms with Crippen molar-refractivity contribution >= 4 is 11.9 Å². The second-order valence-electron chi connectivity index (χ2n) is 3.65. The van der Waals surface area contributed by atoms with Crippen LogP contribution in [0.3, 0.4) is 0 Å². The molecule has 0 spiro atoms. The summed E-state index contributed by atoms with van der Waals surface area (Å²) in [7, 11) is 0. The van der Waals surface area contributed by atoms with Gasteiger partial charge >= 0.3 is 11.9 Å². The number of carboxylic acids is 1. The molecule has 0 aromatic heterocycles. The van der Waals surface area contributed by atoms with Crippen LogP contribution >= 0.6 is 0 Å². The van der Waals surface area contributed by atoms with E-state index in [9.17, 15) is 9.59 Å². The highest BCUT2D eigenvalue weighted by molar-refractivity contribution is 5.85. The van der Waals surface area contributed by atoms with Crippen LogP contribution in [-0.2, 0) is 14.3 Å². The molecule has 0 aliphatic heterocycles. The summed E-state index contributed by atoms with van der Waals surface area (Å²) in [4.78, 5) is 20.3. The number of rotatable bonds is 6. The number of hydrogen-bond donors (Lipinski definition) is 3. The highest BCUT2D eigenvalue weighted by Crippen LogP contribution is 2.01. The molecule has 0 aliphatic carbocycles. The second-order valence-corrected chi connectivity index (χ2v) is 3.65. The number of hydrogen-bond acceptors (Lipinski definition) is 5. The van der Waals surface area contributed by atoms with Gasteiger partial charge in [-0.1, -0.05) is 13.2 Å². The van der Waals surface area contributed by atoms with Crippen LogP contribution in [0.25, 0.3) is 0 Å². The Morgan fingerprint density at radius 3 is 2.00 bits per heavy atom. The number of esters is 1. The van der Waals surface area contributed by atoms with Crippen LogP contribution in [-0.4, -0.2) is 46.1 Å². The summed E-state index contributed by atoms with van der Waals surface area (Å²) in [6.45, 7) is 9.51. The molecule has 2 atom stereocenters. The highest BCUT2D eigenvalue weighted by Gasteiger charge is 2.05. The number of carbonyl (C=O) groups is 2. The summed E-state index contributed by atoms with van der Waals surface area (Å²) in [6.07, 6.45) is -0.0277. The third-order valence-electron chi connectivity index (χ3n) is 1.48. The Morgan fingerprint density at radius 1 is 1.28 bits per heavy atom. The smallest absolute Gasteiger partial charge is 0.331 e. The normalized spacial score (nSPS) is 12.4. The number of aliphatic hydroxyl groups excluding tert-OH is 2. The van der Waals surface area contributed by atoms with Gasteiger partial charge in [-0.2, -0.15) is 0 Å². The van der Waals surface area contributed by atoms with E-state index in [-0.39, 0.29) is 18.6 Å². The van der Waals surface area contributed by atoms with Crippen molar-refractivity contribution in [1.29, 1.82) is 0 Å². The molecule has 0 saturated carbocycles. The summed E-state index contributed by atoms with van der Waals surface area (Å²) in [6, 6.07) is 0. The van der Waals surface area contributed by atoms with E-state index in [1.165, 1.54) is 13.8 Å². The quantitative estimate of drug-likeness (QED) is 0.474. The molecule has 0 bridgehead atoms. The SMILES string of the molecule is C=C(CC(C)O)C(=O)O.C=CC(=O)OCC(C)O. The van der Waals surface area contributed by atoms with E-state index in [0.717, 1.165) is 6.08 Å². The molecule has 0 saturated heterocycles. The fourth-order valence-corrected chi connectivity index (χ4v) is 0.706. The zero-order valence-electron chi connectivity index (χ0n) is 10.6. The average molecular weight is 260 g/mol. The Balaban J connectivity index is 0. The minimum absolute atomic E-state index is 0.0326. The van der Waals surface area contributed by atoms with Crippen molar-refractivity contribution < 1.29 is 29.6 Å². The van der Waals surface area contributed by atoms with E-state index in [4.69, 9.17) is 15.3 Å². The molecule has 0 rings (SSSR count). The van der Waals surface area contributed by atoms with Gasteiger partial charge in [-0.05, 0) is 13.8 Å². The molecular formula is C12H20O6. The number of carbonyl (C=O) groups excluding carboxylic acids is 1. The van der Waals surface area contributed by atoms with Crippen LogP contribution in [0.4, 0.5) is 0 Å². The van der Waals surface area contributed by atoms with Crippen LogP contribution in [0.5, 0.6) is 0 Å². The summed E-state index contributed by atoms with van der Waals surface area (Å²) in [5, 5.41) is 25.5. The van der Waals surface area contributed by atoms with Gasteiger partial charge in [0.25, 0.3) is 0 Å². The first kappa shape index (κ1) is 18.7. The molecule has 0 fully saturated rings. The van der Waals surface area contributed by atoms with Crippen molar-refractivity contribution in [2.45, 2.75) is 32.5 Å². The van der Waals surface area contributed by atoms with Gasteiger partial charge in [0.05, 0.1) is 12.2 Å². The summed E-state index contributed by atoms with van der Waals surface area (Å²) in [5.74, 6) is -1.55. The number of aliphatic carboxylic acids is 1. The molecular weight excluding hydrogens is 240 g/mol. The molecule has 0 amide bonds. The lowest BCUT2D eigenvalue weighted by molar-refractivity contribution is -0.140. The maximum atomic E-state index is 10.3. The maximum Gasteiger partial charge on any atom is 0.331 e. The van der Waals surface area contributed by atoms with Crippen molar-refractivity contribution in [2.75, 3.05) is 6.61 Å². The minimum Gasteiger partial charge on any atom is -0.478 e. The van der Waals surface area contributed by atoms with Gasteiger partial charge in [-0.3, -0.25) is 0 Å². The number of ether oxygens (including phenoxy) is 1. The first-order valence-electron chi connectivity index (χ1n) is 5.27. The largest absolute Gasteiger partial charge is 0.478 e. The predicted molar refractivity (Wildman–Crippen MR) is 65.9 cm³/mol. The minimum atomic E-state index is -1.05. The van der Waals surface area contributed by atoms with Gasteiger partial charge < -0.3 is 20.1 Å². The lowest BCUT2D eigenvalue weighted by Crippen LogP contribution is -2.13. The average Bonchev–Trinajstić information content (AvgIpc) is 2.25. The second kappa shape index (κ2) is 10.5. The topological polar surface area (TPSA) is 104 Å². The van der Waals surface area contributed by atoms with Gasteiger partial charge in [0.2, 0.25) is 0 Å². The zero-order valence-corrected chi connectivity index (χ0v) is 10.6. The van der Waals surface area contributed by atoms with Crippen LogP contribution in [0.15, 0.2) is 24.8 Å². The van der Waals surface area contributed by atoms with E-state index < -0.39 is 24.1 Å². The molecule has 0 aromatic carbocycles. The molecule has 18 heavy (non-hydrogen) atoms. The van der Waals surface area contributed by atoms with Crippen LogP contribution in [0.2, 0.25) is 0 Å². The van der Waals surface area contributed by atoms with E-state index in [1.807, 2.05) is 0 Å². The lowest BCUT2D eigenvalue weighted by Gasteiger charge is -2.02. The Hall–Kier alpha value is -1.66. The molecule has 0 heterocycles. The Bertz CT molecular complexity index is 291. The summed E-state index contributed by atoms with van der Waals surface area (Å²) in [5.41, 5.74) is 0.0463. The third-order valence-corrected chi connectivity index (χ3v) is 1.48. The lowest BCUT2D eigenvalue weighted by atomic mass is 10.1. The monoisotopic (exact) mass is 260 g/mol. The van der Waals surface area contributed by atoms with Gasteiger partial charge in [0.15, 0.2) is 0 Å². The number of aliphatic hydroxyl groups is 2. The van der Waals surface area contributed by atoms with Crippen molar-refractivity contribution in [1.82, 2.24) is 0 Å². The van der Waals surface area contributed by atoms with Crippen LogP contribution in [0, 0.1) is 0 Å². The van der Waals surface area contributed by atoms with Crippen molar-refractivity contribution in [3.05, 3.63) is 24.8 Å². The highest BCUT2D eigenvalue weighted by atomic mass is 16.5. The predicted octanol–water partition coefficient (Wildman–Crippen LogP) is 0.494. The van der Waals surface area contributed by atoms with E-state index in [1.54, 1.807) is 0 Å². The third kappa shape index (κ3) is 14.3. The Kier molecular flexibility index (Phi) is 10.9. The first-order valence-corrected chi connectivity index (χ1v) is 5.27. The molecule has 6 heteroatoms. The van der Waals surface area contributed by atoms with Crippen LogP contribution < -0.4 is 0 Å². The molecule has 3 N–H and O–H groups in total. The van der Waals surface area contributed by atoms with E-state index >= 15 is 0 Å². The van der Waals surface area contributed by atoms with Crippen LogP contribution in [0.1, 0.15) is 20.3 Å². The van der Waals surface area contributed by atoms with E-state index in [0.29, 0.717) is 0 Å². The molecule has 0 radical (unpaired) electrons. The fraction of sp³-hybridized carbons (Fsp3) is 0.500. The Labute approximate surface area is 106 Å². The van der Waals surface area contributed by atoms with E-state index in [2.05, 4.69) is 17.9 Å². The fourth-order valence-electron chi connectivity index (χ4n) is 0.706. The standard InChI is InChI=1S/2C6H10O3/c1-4(6(8)9)3-5(2)7;1-3-6(8)9-4-5(2)7/h5,7H,1,3H2,2H3,(H,8,9);3,5,7H,1,4H2,2H3. The molecule has 104 valence electrons. The molecule has 0 aromatic rings. The van der Waals surface area contributed by atoms with Gasteiger partial charge in [-0.25, -0.2) is 9.59 Å². The van der Waals surface area contributed by atoms with Crippen molar-refractivity contribution in [2.24, 2.45) is 0 Å². The Morgan fingerprint density at radius 2 is 1.78 bits per heavy atom. The summed E-state index contributed by atoms with van der Waals surface area (Å²) >= 11 is 0. The molecule has 2 unspecified atom stereocenters. The van der Waals surface area contributed by atoms with Gasteiger partial charge in [-0.15, -0.1) is 0 Å². The first-order chi connectivity index (χ1) is 8.20. The van der Waals surface area contributed by atoms with Crippen molar-refractivity contribution in [3.8, 4) is 0 Å².